The minimum atomic E-state index is 0. The number of likely N-dealkylation sites (tertiary alicyclic amines) is 1. The van der Waals surface area contributed by atoms with Crippen LogP contribution in [-0.4, -0.2) is 63.9 Å². The van der Waals surface area contributed by atoms with E-state index in [-0.39, 0.29) is 24.0 Å². The highest BCUT2D eigenvalue weighted by Gasteiger charge is 2.26. The Morgan fingerprint density at radius 1 is 1.06 bits per heavy atom. The van der Waals surface area contributed by atoms with E-state index in [1.807, 2.05) is 0 Å². The summed E-state index contributed by atoms with van der Waals surface area (Å²) in [7, 11) is 1.71. The van der Waals surface area contributed by atoms with Gasteiger partial charge in [0.05, 0.1) is 26.9 Å². The van der Waals surface area contributed by atoms with Crippen LogP contribution in [0.15, 0.2) is 53.5 Å². The standard InChI is InChI=1S/C25H34N4O2.HI/c1-3-26-25(29-13-12-22(19-29)21-6-10-24(30-2)11-7-21)27-18-20-4-8-23(9-5-20)28-14-16-31-17-15-28;/h4-11,22H,3,12-19H2,1-2H3,(H,26,27);1H. The van der Waals surface area contributed by atoms with Crippen LogP contribution in [0.25, 0.3) is 0 Å². The van der Waals surface area contributed by atoms with Crippen LogP contribution in [0.2, 0.25) is 0 Å². The summed E-state index contributed by atoms with van der Waals surface area (Å²) in [5.74, 6) is 2.45. The topological polar surface area (TPSA) is 49.3 Å². The quantitative estimate of drug-likeness (QED) is 0.334. The number of guanidine groups is 1. The van der Waals surface area contributed by atoms with Crippen LogP contribution in [-0.2, 0) is 11.3 Å². The number of nitrogens with one attached hydrogen (secondary N) is 1. The van der Waals surface area contributed by atoms with Gasteiger partial charge in [0.2, 0.25) is 0 Å². The predicted molar refractivity (Wildman–Crippen MR) is 142 cm³/mol. The van der Waals surface area contributed by atoms with Crippen LogP contribution in [0, 0.1) is 0 Å². The van der Waals surface area contributed by atoms with Gasteiger partial charge in [-0.2, -0.15) is 0 Å². The fourth-order valence-electron chi connectivity index (χ4n) is 4.33. The average molecular weight is 550 g/mol. The largest absolute Gasteiger partial charge is 0.497 e. The first-order valence-corrected chi connectivity index (χ1v) is 11.4. The minimum absolute atomic E-state index is 0. The van der Waals surface area contributed by atoms with Gasteiger partial charge in [-0.05, 0) is 48.7 Å². The minimum Gasteiger partial charge on any atom is -0.497 e. The van der Waals surface area contributed by atoms with Crippen molar-refractivity contribution in [3.63, 3.8) is 0 Å². The smallest absolute Gasteiger partial charge is 0.194 e. The summed E-state index contributed by atoms with van der Waals surface area (Å²) >= 11 is 0. The molecule has 0 saturated carbocycles. The third-order valence-corrected chi connectivity index (χ3v) is 6.13. The van der Waals surface area contributed by atoms with Crippen LogP contribution in [0.3, 0.4) is 0 Å². The summed E-state index contributed by atoms with van der Waals surface area (Å²) in [4.78, 5) is 9.71. The van der Waals surface area contributed by atoms with Crippen LogP contribution >= 0.6 is 24.0 Å². The van der Waals surface area contributed by atoms with Crippen molar-refractivity contribution < 1.29 is 9.47 Å². The predicted octanol–water partition coefficient (Wildman–Crippen LogP) is 4.10. The third kappa shape index (κ3) is 6.28. The van der Waals surface area contributed by atoms with E-state index in [4.69, 9.17) is 14.5 Å². The van der Waals surface area contributed by atoms with Gasteiger partial charge < -0.3 is 24.6 Å². The molecule has 0 radical (unpaired) electrons. The zero-order valence-corrected chi connectivity index (χ0v) is 21.5. The summed E-state index contributed by atoms with van der Waals surface area (Å²) in [5.41, 5.74) is 3.88. The molecular weight excluding hydrogens is 515 g/mol. The van der Waals surface area contributed by atoms with E-state index in [2.05, 4.69) is 70.6 Å². The van der Waals surface area contributed by atoms with Crippen LogP contribution in [0.1, 0.15) is 30.4 Å². The van der Waals surface area contributed by atoms with Crippen molar-refractivity contribution in [2.45, 2.75) is 25.8 Å². The van der Waals surface area contributed by atoms with Gasteiger partial charge in [0.25, 0.3) is 0 Å². The number of rotatable bonds is 6. The van der Waals surface area contributed by atoms with Crippen molar-refractivity contribution in [2.24, 2.45) is 4.99 Å². The van der Waals surface area contributed by atoms with E-state index < -0.39 is 0 Å². The molecule has 0 aliphatic carbocycles. The molecule has 174 valence electrons. The highest BCUT2D eigenvalue weighted by atomic mass is 127. The lowest BCUT2D eigenvalue weighted by atomic mass is 9.98. The van der Waals surface area contributed by atoms with Gasteiger partial charge >= 0.3 is 0 Å². The molecule has 2 aromatic carbocycles. The molecule has 2 aliphatic rings. The number of halogens is 1. The number of nitrogens with zero attached hydrogens (tertiary/aromatic N) is 3. The Balaban J connectivity index is 0.00000289. The van der Waals surface area contributed by atoms with Gasteiger partial charge in [0, 0.05) is 44.3 Å². The monoisotopic (exact) mass is 550 g/mol. The first kappa shape index (κ1) is 24.6. The Bertz CT molecular complexity index is 851. The van der Waals surface area contributed by atoms with Crippen molar-refractivity contribution in [2.75, 3.05) is 57.9 Å². The van der Waals surface area contributed by atoms with E-state index in [0.29, 0.717) is 12.5 Å². The molecule has 1 N–H and O–H groups in total. The van der Waals surface area contributed by atoms with E-state index in [0.717, 1.165) is 64.1 Å². The number of hydrogen-bond donors (Lipinski definition) is 1. The van der Waals surface area contributed by atoms with Gasteiger partial charge in [-0.25, -0.2) is 4.99 Å². The van der Waals surface area contributed by atoms with E-state index in [1.165, 1.54) is 16.8 Å². The second-order valence-electron chi connectivity index (χ2n) is 8.14. The maximum absolute atomic E-state index is 5.45. The Morgan fingerprint density at radius 3 is 2.44 bits per heavy atom. The van der Waals surface area contributed by atoms with Crippen molar-refractivity contribution >= 4 is 35.6 Å². The summed E-state index contributed by atoms with van der Waals surface area (Å²) in [6.45, 7) is 9.26. The third-order valence-electron chi connectivity index (χ3n) is 6.13. The molecule has 0 amide bonds. The molecule has 2 heterocycles. The number of anilines is 1. The SMILES string of the molecule is CCNC(=NCc1ccc(N2CCOCC2)cc1)N1CCC(c2ccc(OC)cc2)C1.I. The van der Waals surface area contributed by atoms with Gasteiger partial charge in [-0.1, -0.05) is 24.3 Å². The molecule has 2 fully saturated rings. The second kappa shape index (κ2) is 12.3. The van der Waals surface area contributed by atoms with Gasteiger partial charge in [-0.3, -0.25) is 0 Å². The first-order chi connectivity index (χ1) is 15.3. The number of benzene rings is 2. The molecule has 0 spiro atoms. The van der Waals surface area contributed by atoms with E-state index in [1.54, 1.807) is 7.11 Å². The number of morpholine rings is 1. The van der Waals surface area contributed by atoms with E-state index in [9.17, 15) is 0 Å². The zero-order valence-electron chi connectivity index (χ0n) is 19.1. The summed E-state index contributed by atoms with van der Waals surface area (Å²) in [5, 5.41) is 3.48. The molecule has 0 bridgehead atoms. The Hall–Kier alpha value is -2.00. The Labute approximate surface area is 209 Å². The molecule has 2 aliphatic heterocycles. The van der Waals surface area contributed by atoms with Gasteiger partial charge in [-0.15, -0.1) is 24.0 Å². The highest BCUT2D eigenvalue weighted by molar-refractivity contribution is 14.0. The molecule has 32 heavy (non-hydrogen) atoms. The molecule has 2 aromatic rings. The fraction of sp³-hybridized carbons (Fsp3) is 0.480. The number of ether oxygens (including phenoxy) is 2. The molecule has 1 unspecified atom stereocenters. The second-order valence-corrected chi connectivity index (χ2v) is 8.14. The maximum atomic E-state index is 5.45. The molecule has 6 nitrogen and oxygen atoms in total. The highest BCUT2D eigenvalue weighted by Crippen LogP contribution is 2.28. The van der Waals surface area contributed by atoms with Crippen molar-refractivity contribution in [3.8, 4) is 5.75 Å². The molecule has 7 heteroatoms. The number of aliphatic imine (C=N–C) groups is 1. The lowest BCUT2D eigenvalue weighted by Gasteiger charge is -2.28. The zero-order chi connectivity index (χ0) is 21.5. The molecule has 1 atom stereocenters. The van der Waals surface area contributed by atoms with E-state index >= 15 is 0 Å². The van der Waals surface area contributed by atoms with Crippen LogP contribution in [0.5, 0.6) is 5.75 Å². The lowest BCUT2D eigenvalue weighted by Crippen LogP contribution is -2.40. The fourth-order valence-corrected chi connectivity index (χ4v) is 4.33. The Morgan fingerprint density at radius 2 is 1.78 bits per heavy atom. The summed E-state index contributed by atoms with van der Waals surface area (Å²) < 4.78 is 10.7. The molecular formula is C25H35IN4O2. The molecule has 4 rings (SSSR count). The number of methoxy groups -OCH3 is 1. The first-order valence-electron chi connectivity index (χ1n) is 11.4. The molecule has 2 saturated heterocycles. The van der Waals surface area contributed by atoms with Crippen molar-refractivity contribution in [3.05, 3.63) is 59.7 Å². The summed E-state index contributed by atoms with van der Waals surface area (Å²) in [6, 6.07) is 17.3. The van der Waals surface area contributed by atoms with Crippen LogP contribution < -0.4 is 15.0 Å². The number of hydrogen-bond acceptors (Lipinski definition) is 4. The van der Waals surface area contributed by atoms with Crippen molar-refractivity contribution in [1.82, 2.24) is 10.2 Å². The summed E-state index contributed by atoms with van der Waals surface area (Å²) in [6.07, 6.45) is 1.14. The molecule has 0 aromatic heterocycles. The maximum Gasteiger partial charge on any atom is 0.194 e. The van der Waals surface area contributed by atoms with Gasteiger partial charge in [0.1, 0.15) is 5.75 Å². The van der Waals surface area contributed by atoms with Gasteiger partial charge in [0.15, 0.2) is 5.96 Å². The average Bonchev–Trinajstić information content (AvgIpc) is 3.33. The van der Waals surface area contributed by atoms with Crippen LogP contribution in [0.4, 0.5) is 5.69 Å². The van der Waals surface area contributed by atoms with Crippen molar-refractivity contribution in [1.29, 1.82) is 0 Å². The lowest BCUT2D eigenvalue weighted by molar-refractivity contribution is 0.122. The normalized spacial score (nSPS) is 18.9. The Kier molecular flexibility index (Phi) is 9.47.